The van der Waals surface area contributed by atoms with E-state index in [0.717, 1.165) is 10.0 Å². The predicted octanol–water partition coefficient (Wildman–Crippen LogP) is 3.74. The lowest BCUT2D eigenvalue weighted by Gasteiger charge is -2.40. The standard InChI is InChI=1S/C23H19BrClNO4/c24-15-8-6-14(7-9-15)23-19(13-4-2-1-3-5-13)17(12-27)21(28)22(23,29)20-18(30-23)10-16(25)11-26-20/h1-11,17,19,21,27-29H,12H2/t17-,19-,21?,22+,23+/m1/s1. The third-order valence-corrected chi connectivity index (χ3v) is 7.10. The molecule has 0 amide bonds. The molecule has 0 radical (unpaired) electrons. The Morgan fingerprint density at radius 1 is 1.10 bits per heavy atom. The molecule has 1 unspecified atom stereocenters. The van der Waals surface area contributed by atoms with Crippen molar-refractivity contribution in [1.29, 1.82) is 0 Å². The Bertz CT molecular complexity index is 1100. The minimum absolute atomic E-state index is 0.221. The summed E-state index contributed by atoms with van der Waals surface area (Å²) >= 11 is 9.60. The fourth-order valence-corrected chi connectivity index (χ4v) is 5.58. The Morgan fingerprint density at radius 2 is 1.80 bits per heavy atom. The number of fused-ring (bicyclic) bond motifs is 3. The van der Waals surface area contributed by atoms with E-state index in [4.69, 9.17) is 16.3 Å². The van der Waals surface area contributed by atoms with Gasteiger partial charge in [-0.1, -0.05) is 70.0 Å². The van der Waals surface area contributed by atoms with E-state index < -0.39 is 29.1 Å². The van der Waals surface area contributed by atoms with E-state index >= 15 is 0 Å². The number of nitrogens with zero attached hydrogens (tertiary/aromatic N) is 1. The van der Waals surface area contributed by atoms with Gasteiger partial charge < -0.3 is 20.1 Å². The molecule has 1 saturated carbocycles. The van der Waals surface area contributed by atoms with Gasteiger partial charge in [-0.05, 0) is 23.3 Å². The van der Waals surface area contributed by atoms with Crippen molar-refractivity contribution in [3.8, 4) is 5.75 Å². The maximum Gasteiger partial charge on any atom is 0.181 e. The number of benzene rings is 2. The highest BCUT2D eigenvalue weighted by atomic mass is 79.9. The average Bonchev–Trinajstić information content (AvgIpc) is 3.12. The molecule has 5 rings (SSSR count). The maximum absolute atomic E-state index is 12.1. The average molecular weight is 489 g/mol. The molecule has 1 aromatic heterocycles. The Morgan fingerprint density at radius 3 is 2.47 bits per heavy atom. The van der Waals surface area contributed by atoms with E-state index in [1.54, 1.807) is 6.07 Å². The third-order valence-electron chi connectivity index (χ3n) is 6.36. The zero-order valence-electron chi connectivity index (χ0n) is 15.7. The molecule has 1 aliphatic heterocycles. The molecule has 3 N–H and O–H groups in total. The molecule has 154 valence electrons. The van der Waals surface area contributed by atoms with Gasteiger partial charge in [0.1, 0.15) is 11.4 Å². The minimum atomic E-state index is -1.88. The topological polar surface area (TPSA) is 82.8 Å². The van der Waals surface area contributed by atoms with Gasteiger partial charge in [0, 0.05) is 35.2 Å². The lowest BCUT2D eigenvalue weighted by Crippen LogP contribution is -2.52. The van der Waals surface area contributed by atoms with Crippen LogP contribution >= 0.6 is 27.5 Å². The van der Waals surface area contributed by atoms with Crippen LogP contribution in [0.1, 0.15) is 22.7 Å². The number of pyridine rings is 1. The molecule has 2 aliphatic rings. The van der Waals surface area contributed by atoms with Crippen molar-refractivity contribution in [2.24, 2.45) is 5.92 Å². The summed E-state index contributed by atoms with van der Waals surface area (Å²) in [6, 6.07) is 18.5. The van der Waals surface area contributed by atoms with Crippen LogP contribution in [0.15, 0.2) is 71.3 Å². The molecule has 1 fully saturated rings. The van der Waals surface area contributed by atoms with Crippen molar-refractivity contribution < 1.29 is 20.1 Å². The number of rotatable bonds is 3. The van der Waals surface area contributed by atoms with E-state index in [1.807, 2.05) is 54.6 Å². The fourth-order valence-electron chi connectivity index (χ4n) is 5.17. The van der Waals surface area contributed by atoms with Crippen LogP contribution in [0.5, 0.6) is 5.75 Å². The summed E-state index contributed by atoms with van der Waals surface area (Å²) in [6.07, 6.45) is 0.113. The Labute approximate surface area is 187 Å². The number of aliphatic hydroxyl groups is 3. The summed E-state index contributed by atoms with van der Waals surface area (Å²) in [7, 11) is 0. The van der Waals surface area contributed by atoms with Crippen LogP contribution in [0.3, 0.4) is 0 Å². The van der Waals surface area contributed by atoms with Gasteiger partial charge in [-0.15, -0.1) is 0 Å². The predicted molar refractivity (Wildman–Crippen MR) is 115 cm³/mol. The second-order valence-electron chi connectivity index (χ2n) is 7.79. The molecule has 3 aromatic rings. The molecule has 2 aromatic carbocycles. The first kappa shape index (κ1) is 20.0. The summed E-state index contributed by atoms with van der Waals surface area (Å²) in [5.74, 6) is -0.895. The van der Waals surface area contributed by atoms with Crippen LogP contribution in [0, 0.1) is 5.92 Å². The quantitative estimate of drug-likeness (QED) is 0.523. The van der Waals surface area contributed by atoms with Gasteiger partial charge in [0.25, 0.3) is 0 Å². The number of aliphatic hydroxyl groups excluding tert-OH is 2. The van der Waals surface area contributed by atoms with Gasteiger partial charge >= 0.3 is 0 Å². The van der Waals surface area contributed by atoms with Gasteiger partial charge in [-0.25, -0.2) is 0 Å². The molecule has 0 spiro atoms. The second-order valence-corrected chi connectivity index (χ2v) is 9.14. The second kappa shape index (κ2) is 7.04. The maximum atomic E-state index is 12.1. The van der Waals surface area contributed by atoms with E-state index in [9.17, 15) is 15.3 Å². The first-order valence-corrected chi connectivity index (χ1v) is 10.8. The molecule has 30 heavy (non-hydrogen) atoms. The summed E-state index contributed by atoms with van der Waals surface area (Å²) in [4.78, 5) is 4.35. The number of aromatic nitrogens is 1. The lowest BCUT2D eigenvalue weighted by molar-refractivity contribution is -0.154. The Kier molecular flexibility index (Phi) is 4.69. The van der Waals surface area contributed by atoms with Crippen molar-refractivity contribution in [3.05, 3.63) is 93.2 Å². The monoisotopic (exact) mass is 487 g/mol. The zero-order chi connectivity index (χ0) is 21.1. The Hall–Kier alpha value is -1.96. The van der Waals surface area contributed by atoms with Gasteiger partial charge in [-0.3, -0.25) is 4.98 Å². The van der Waals surface area contributed by atoms with Crippen molar-refractivity contribution in [2.75, 3.05) is 6.61 Å². The molecule has 5 nitrogen and oxygen atoms in total. The molecule has 0 saturated heterocycles. The van der Waals surface area contributed by atoms with Crippen molar-refractivity contribution in [1.82, 2.24) is 4.98 Å². The number of ether oxygens (including phenoxy) is 1. The van der Waals surface area contributed by atoms with E-state index in [-0.39, 0.29) is 12.3 Å². The van der Waals surface area contributed by atoms with Crippen molar-refractivity contribution >= 4 is 27.5 Å². The SMILES string of the molecule is OC[C@H]1C(O)[C@@]2(O)c3ncc(Cl)cc3O[C@@]2(c2ccc(Br)cc2)[C@@H]1c1ccccc1. The van der Waals surface area contributed by atoms with E-state index in [0.29, 0.717) is 16.3 Å². The molecule has 5 atom stereocenters. The number of hydrogen-bond donors (Lipinski definition) is 3. The molecule has 0 bridgehead atoms. The van der Waals surface area contributed by atoms with Crippen LogP contribution in [0.4, 0.5) is 0 Å². The van der Waals surface area contributed by atoms with Crippen LogP contribution in [0.2, 0.25) is 5.02 Å². The van der Waals surface area contributed by atoms with Crippen LogP contribution < -0.4 is 4.74 Å². The highest BCUT2D eigenvalue weighted by Crippen LogP contribution is 2.67. The molecule has 2 heterocycles. The van der Waals surface area contributed by atoms with E-state index in [1.165, 1.54) is 6.20 Å². The lowest BCUT2D eigenvalue weighted by atomic mass is 9.71. The summed E-state index contributed by atoms with van der Waals surface area (Å²) in [5.41, 5.74) is -1.55. The molecular weight excluding hydrogens is 470 g/mol. The zero-order valence-corrected chi connectivity index (χ0v) is 18.1. The smallest absolute Gasteiger partial charge is 0.181 e. The van der Waals surface area contributed by atoms with Gasteiger partial charge in [-0.2, -0.15) is 0 Å². The van der Waals surface area contributed by atoms with Crippen LogP contribution in [-0.4, -0.2) is 33.0 Å². The van der Waals surface area contributed by atoms with E-state index in [2.05, 4.69) is 20.9 Å². The fraction of sp³-hybridized carbons (Fsp3) is 0.261. The summed E-state index contributed by atoms with van der Waals surface area (Å²) in [6.45, 7) is -0.326. The Balaban J connectivity index is 1.85. The minimum Gasteiger partial charge on any atom is -0.476 e. The molecule has 7 heteroatoms. The highest BCUT2D eigenvalue weighted by Gasteiger charge is 2.76. The van der Waals surface area contributed by atoms with Gasteiger partial charge in [0.05, 0.1) is 11.1 Å². The summed E-state index contributed by atoms with van der Waals surface area (Å²) in [5, 5.41) is 34.1. The van der Waals surface area contributed by atoms with Gasteiger partial charge in [0.15, 0.2) is 11.2 Å². The van der Waals surface area contributed by atoms with Gasteiger partial charge in [0.2, 0.25) is 0 Å². The first-order chi connectivity index (χ1) is 14.4. The van der Waals surface area contributed by atoms with Crippen LogP contribution in [0.25, 0.3) is 0 Å². The normalized spacial score (nSPS) is 31.8. The summed E-state index contributed by atoms with van der Waals surface area (Å²) < 4.78 is 7.39. The first-order valence-electron chi connectivity index (χ1n) is 9.61. The molecule has 1 aliphatic carbocycles. The largest absolute Gasteiger partial charge is 0.476 e. The van der Waals surface area contributed by atoms with Crippen LogP contribution in [-0.2, 0) is 11.2 Å². The number of halogens is 2. The third kappa shape index (κ3) is 2.49. The molecular formula is C23H19BrClNO4. The number of hydrogen-bond acceptors (Lipinski definition) is 5. The highest BCUT2D eigenvalue weighted by molar-refractivity contribution is 9.10. The van der Waals surface area contributed by atoms with Crippen molar-refractivity contribution in [2.45, 2.75) is 23.2 Å². The van der Waals surface area contributed by atoms with Crippen molar-refractivity contribution in [3.63, 3.8) is 0 Å².